The van der Waals surface area contributed by atoms with Gasteiger partial charge in [0.2, 0.25) is 5.91 Å². The molecule has 1 saturated heterocycles. The van der Waals surface area contributed by atoms with Gasteiger partial charge in [0.15, 0.2) is 0 Å². The van der Waals surface area contributed by atoms with Gasteiger partial charge in [-0.15, -0.1) is 0 Å². The Balaban J connectivity index is 1.74. The van der Waals surface area contributed by atoms with Crippen molar-refractivity contribution < 1.29 is 4.79 Å². The van der Waals surface area contributed by atoms with Crippen LogP contribution in [-0.2, 0) is 11.2 Å². The molecule has 128 valence electrons. The molecule has 4 nitrogen and oxygen atoms in total. The number of piperidine rings is 1. The zero-order chi connectivity index (χ0) is 16.7. The Bertz CT molecular complexity index is 491. The molecule has 0 bridgehead atoms. The Labute approximate surface area is 140 Å². The number of nitrogens with two attached hydrogens (primary N) is 1. The average molecular weight is 317 g/mol. The van der Waals surface area contributed by atoms with Gasteiger partial charge in [0, 0.05) is 31.7 Å². The molecule has 2 rings (SSSR count). The van der Waals surface area contributed by atoms with Gasteiger partial charge in [-0.05, 0) is 49.9 Å². The lowest BCUT2D eigenvalue weighted by atomic mass is 9.95. The molecule has 1 aliphatic heterocycles. The van der Waals surface area contributed by atoms with Gasteiger partial charge in [-0.25, -0.2) is 0 Å². The maximum absolute atomic E-state index is 12.4. The molecule has 0 aromatic heterocycles. The van der Waals surface area contributed by atoms with Crippen molar-refractivity contribution in [2.45, 2.75) is 39.5 Å². The third-order valence-corrected chi connectivity index (χ3v) is 5.04. The van der Waals surface area contributed by atoms with E-state index in [1.165, 1.54) is 6.54 Å². The predicted molar refractivity (Wildman–Crippen MR) is 96.3 cm³/mol. The second-order valence-electron chi connectivity index (χ2n) is 6.51. The van der Waals surface area contributed by atoms with E-state index in [9.17, 15) is 4.79 Å². The van der Waals surface area contributed by atoms with Crippen molar-refractivity contribution in [3.8, 4) is 0 Å². The molecule has 1 aromatic carbocycles. The number of amides is 1. The molecule has 1 aliphatic rings. The van der Waals surface area contributed by atoms with Gasteiger partial charge in [-0.1, -0.05) is 32.0 Å². The number of aryl methyl sites for hydroxylation is 1. The van der Waals surface area contributed by atoms with Crippen LogP contribution in [0.1, 0.15) is 38.7 Å². The molecule has 0 unspecified atom stereocenters. The van der Waals surface area contributed by atoms with Crippen molar-refractivity contribution in [3.05, 3.63) is 29.8 Å². The Kier molecular flexibility index (Phi) is 6.90. The average Bonchev–Trinajstić information content (AvgIpc) is 2.59. The van der Waals surface area contributed by atoms with Crippen molar-refractivity contribution >= 4 is 11.6 Å². The summed E-state index contributed by atoms with van der Waals surface area (Å²) in [5.74, 6) is 1.01. The number of carbonyl (C=O) groups excluding carboxylic acids is 1. The number of rotatable bonds is 7. The highest BCUT2D eigenvalue weighted by atomic mass is 16.2. The van der Waals surface area contributed by atoms with Crippen LogP contribution in [0.2, 0.25) is 0 Å². The molecular weight excluding hydrogens is 286 g/mol. The van der Waals surface area contributed by atoms with Gasteiger partial charge in [0.05, 0.1) is 0 Å². The first-order chi connectivity index (χ1) is 11.1. The monoisotopic (exact) mass is 317 g/mol. The fourth-order valence-electron chi connectivity index (χ4n) is 3.37. The summed E-state index contributed by atoms with van der Waals surface area (Å²) < 4.78 is 0. The van der Waals surface area contributed by atoms with E-state index in [0.717, 1.165) is 62.6 Å². The van der Waals surface area contributed by atoms with Crippen molar-refractivity contribution in [3.63, 3.8) is 0 Å². The third kappa shape index (κ3) is 5.24. The summed E-state index contributed by atoms with van der Waals surface area (Å²) in [5.41, 5.74) is 7.82. The molecular formula is C19H31N3O. The van der Waals surface area contributed by atoms with Gasteiger partial charge in [0.25, 0.3) is 0 Å². The zero-order valence-electron chi connectivity index (χ0n) is 14.6. The van der Waals surface area contributed by atoms with E-state index in [1.54, 1.807) is 0 Å². The highest BCUT2D eigenvalue weighted by Crippen LogP contribution is 2.20. The lowest BCUT2D eigenvalue weighted by molar-refractivity contribution is -0.132. The maximum Gasteiger partial charge on any atom is 0.222 e. The van der Waals surface area contributed by atoms with Gasteiger partial charge in [-0.3, -0.25) is 4.79 Å². The molecule has 1 aromatic rings. The van der Waals surface area contributed by atoms with E-state index in [-0.39, 0.29) is 5.91 Å². The molecule has 4 heteroatoms. The Hall–Kier alpha value is -1.55. The van der Waals surface area contributed by atoms with E-state index in [4.69, 9.17) is 5.73 Å². The third-order valence-electron chi connectivity index (χ3n) is 5.04. The van der Waals surface area contributed by atoms with Gasteiger partial charge in [0.1, 0.15) is 0 Å². The minimum atomic E-state index is 0.273. The van der Waals surface area contributed by atoms with Crippen LogP contribution in [0.5, 0.6) is 0 Å². The molecule has 0 radical (unpaired) electrons. The van der Waals surface area contributed by atoms with Gasteiger partial charge in [-0.2, -0.15) is 0 Å². The number of benzene rings is 1. The summed E-state index contributed by atoms with van der Waals surface area (Å²) in [6.45, 7) is 9.68. The summed E-state index contributed by atoms with van der Waals surface area (Å²) in [7, 11) is 0. The van der Waals surface area contributed by atoms with Crippen LogP contribution in [0, 0.1) is 5.92 Å². The first kappa shape index (κ1) is 17.8. The first-order valence-corrected chi connectivity index (χ1v) is 8.97. The zero-order valence-corrected chi connectivity index (χ0v) is 14.6. The van der Waals surface area contributed by atoms with Crippen molar-refractivity contribution in [1.82, 2.24) is 9.80 Å². The number of anilines is 1. The van der Waals surface area contributed by atoms with E-state index in [2.05, 4.69) is 18.7 Å². The number of nitrogen functional groups attached to an aromatic ring is 1. The molecule has 0 spiro atoms. The lowest BCUT2D eigenvalue weighted by Gasteiger charge is -2.34. The van der Waals surface area contributed by atoms with Crippen LogP contribution < -0.4 is 5.73 Å². The Morgan fingerprint density at radius 1 is 1.22 bits per heavy atom. The minimum absolute atomic E-state index is 0.273. The number of hydrogen-bond donors (Lipinski definition) is 1. The molecule has 1 heterocycles. The second kappa shape index (κ2) is 8.92. The summed E-state index contributed by atoms with van der Waals surface area (Å²) in [6.07, 6.45) is 3.57. The Morgan fingerprint density at radius 3 is 2.48 bits per heavy atom. The van der Waals surface area contributed by atoms with Crippen LogP contribution in [0.4, 0.5) is 5.69 Å². The number of likely N-dealkylation sites (tertiary alicyclic amines) is 1. The van der Waals surface area contributed by atoms with E-state index in [1.807, 2.05) is 29.2 Å². The van der Waals surface area contributed by atoms with E-state index < -0.39 is 0 Å². The van der Waals surface area contributed by atoms with Crippen LogP contribution in [0.15, 0.2) is 24.3 Å². The number of carbonyl (C=O) groups is 1. The minimum Gasteiger partial charge on any atom is -0.399 e. The fourth-order valence-corrected chi connectivity index (χ4v) is 3.37. The van der Waals surface area contributed by atoms with Crippen LogP contribution >= 0.6 is 0 Å². The standard InChI is InChI=1S/C19H31N3O/c1-3-21(4-2)15-16-11-13-22(14-12-16)19(23)10-9-17-7-5-6-8-18(17)20/h5-8,16H,3-4,9-15,20H2,1-2H3. The molecule has 0 aliphatic carbocycles. The van der Waals surface area contributed by atoms with Crippen molar-refractivity contribution in [2.24, 2.45) is 5.92 Å². The molecule has 23 heavy (non-hydrogen) atoms. The van der Waals surface area contributed by atoms with E-state index in [0.29, 0.717) is 6.42 Å². The SMILES string of the molecule is CCN(CC)CC1CCN(C(=O)CCc2ccccc2N)CC1. The molecule has 0 saturated carbocycles. The molecule has 2 N–H and O–H groups in total. The van der Waals surface area contributed by atoms with Crippen molar-refractivity contribution in [1.29, 1.82) is 0 Å². The number of para-hydroxylation sites is 1. The molecule has 0 atom stereocenters. The largest absolute Gasteiger partial charge is 0.399 e. The summed E-state index contributed by atoms with van der Waals surface area (Å²) in [4.78, 5) is 16.9. The summed E-state index contributed by atoms with van der Waals surface area (Å²) in [5, 5.41) is 0. The van der Waals surface area contributed by atoms with Gasteiger partial charge < -0.3 is 15.5 Å². The van der Waals surface area contributed by atoms with Crippen molar-refractivity contribution in [2.75, 3.05) is 38.5 Å². The molecule has 1 amide bonds. The summed E-state index contributed by atoms with van der Waals surface area (Å²) >= 11 is 0. The predicted octanol–water partition coefficient (Wildman–Crippen LogP) is 2.78. The lowest BCUT2D eigenvalue weighted by Crippen LogP contribution is -2.41. The van der Waals surface area contributed by atoms with Crippen LogP contribution in [0.3, 0.4) is 0 Å². The summed E-state index contributed by atoms with van der Waals surface area (Å²) in [6, 6.07) is 7.83. The quantitative estimate of drug-likeness (QED) is 0.787. The van der Waals surface area contributed by atoms with Crippen LogP contribution in [-0.4, -0.2) is 48.4 Å². The topological polar surface area (TPSA) is 49.6 Å². The normalized spacial score (nSPS) is 16.0. The molecule has 1 fully saturated rings. The van der Waals surface area contributed by atoms with Crippen LogP contribution in [0.25, 0.3) is 0 Å². The maximum atomic E-state index is 12.4. The fraction of sp³-hybridized carbons (Fsp3) is 0.632. The second-order valence-corrected chi connectivity index (χ2v) is 6.51. The smallest absolute Gasteiger partial charge is 0.222 e. The Morgan fingerprint density at radius 2 is 1.87 bits per heavy atom. The first-order valence-electron chi connectivity index (χ1n) is 8.97. The highest BCUT2D eigenvalue weighted by molar-refractivity contribution is 5.76. The van der Waals surface area contributed by atoms with E-state index >= 15 is 0 Å². The number of hydrogen-bond acceptors (Lipinski definition) is 3. The number of nitrogens with zero attached hydrogens (tertiary/aromatic N) is 2. The highest BCUT2D eigenvalue weighted by Gasteiger charge is 2.23. The van der Waals surface area contributed by atoms with Gasteiger partial charge >= 0.3 is 0 Å².